The second-order valence-electron chi connectivity index (χ2n) is 2.25. The molecule has 0 aliphatic carbocycles. The third kappa shape index (κ3) is 4.77. The minimum Gasteiger partial charge on any atom is -0.489 e. The molecule has 0 amide bonds. The van der Waals surface area contributed by atoms with Gasteiger partial charge in [0, 0.05) is 60.2 Å². The van der Waals surface area contributed by atoms with Crippen LogP contribution >= 0.6 is 0 Å². The number of benzene rings is 1. The van der Waals surface area contributed by atoms with E-state index < -0.39 is 0 Å². The first-order valence-electron chi connectivity index (χ1n) is 3.35. The number of hydrogen-bond acceptors (Lipinski definition) is 2. The van der Waals surface area contributed by atoms with Gasteiger partial charge in [-0.25, -0.2) is 0 Å². The van der Waals surface area contributed by atoms with Crippen LogP contribution in [0.5, 0.6) is 5.75 Å². The van der Waals surface area contributed by atoms with E-state index in [0.29, 0.717) is 6.61 Å². The molecule has 1 heterocycles. The molecule has 0 aromatic heterocycles. The van der Waals surface area contributed by atoms with Crippen molar-refractivity contribution in [2.75, 3.05) is 6.61 Å². The Labute approximate surface area is 119 Å². The number of ether oxygens (including phenoxy) is 1. The molecule has 0 spiro atoms. The van der Waals surface area contributed by atoms with E-state index in [1.165, 1.54) is 5.56 Å². The Morgan fingerprint density at radius 3 is 2.43 bits per heavy atom. The topological polar surface area (TPSA) is 44.2 Å². The maximum absolute atomic E-state index is 5.34. The maximum Gasteiger partial charge on any atom is 0.126 e. The van der Waals surface area contributed by atoms with Crippen LogP contribution in [0.1, 0.15) is 5.56 Å². The van der Waals surface area contributed by atoms with Gasteiger partial charge in [0.2, 0.25) is 0 Å². The van der Waals surface area contributed by atoms with Crippen molar-refractivity contribution >= 4 is 6.08 Å². The van der Waals surface area contributed by atoms with E-state index in [4.69, 9.17) is 4.74 Å². The Kier molecular flexibility index (Phi) is 14.2. The normalized spacial score (nSPS) is 10.0. The summed E-state index contributed by atoms with van der Waals surface area (Å²) in [6, 6.07) is 8.03. The molecule has 0 bridgehead atoms. The predicted molar refractivity (Wildman–Crippen MR) is 46.0 cm³/mol. The molecule has 0 atom stereocenters. The van der Waals surface area contributed by atoms with Crippen LogP contribution in [0.3, 0.4) is 0 Å². The van der Waals surface area contributed by atoms with Gasteiger partial charge in [-0.3, -0.25) is 0 Å². The summed E-state index contributed by atoms with van der Waals surface area (Å²) in [6.45, 7) is 0.705. The van der Waals surface area contributed by atoms with Crippen molar-refractivity contribution in [3.8, 4) is 5.75 Å². The molecule has 5 heteroatoms. The number of rotatable bonds is 0. The van der Waals surface area contributed by atoms with Crippen LogP contribution in [-0.2, 0) is 54.6 Å². The fraction of sp³-hybridized carbons (Fsp3) is 0.111. The van der Waals surface area contributed by atoms with Crippen LogP contribution in [0, 0.1) is 0 Å². The largest absolute Gasteiger partial charge is 0.489 e. The zero-order valence-electron chi connectivity index (χ0n) is 7.36. The van der Waals surface area contributed by atoms with Gasteiger partial charge in [-0.15, -0.1) is 0 Å². The Morgan fingerprint density at radius 1 is 1.14 bits per heavy atom. The van der Waals surface area contributed by atoms with Crippen molar-refractivity contribution in [2.45, 2.75) is 0 Å². The molecule has 0 fully saturated rings. The summed E-state index contributed by atoms with van der Waals surface area (Å²) >= 11 is 0. The van der Waals surface area contributed by atoms with E-state index in [1.54, 1.807) is 0 Å². The second kappa shape index (κ2) is 9.96. The van der Waals surface area contributed by atoms with Crippen molar-refractivity contribution < 1.29 is 59.4 Å². The van der Waals surface area contributed by atoms with Gasteiger partial charge >= 0.3 is 0 Å². The molecule has 0 saturated heterocycles. The molecule has 2 nitrogen and oxygen atoms in total. The molecule has 1 aromatic rings. The molecule has 1 aromatic carbocycles. The average Bonchev–Trinajstić information content (AvgIpc) is 2.05. The molecule has 0 unspecified atom stereocenters. The number of hydrogen-bond donors (Lipinski definition) is 1. The fourth-order valence-electron chi connectivity index (χ4n) is 1.06. The third-order valence-electron chi connectivity index (χ3n) is 1.55. The van der Waals surface area contributed by atoms with Crippen LogP contribution < -0.4 is 10.9 Å². The van der Waals surface area contributed by atoms with Gasteiger partial charge < -0.3 is 10.9 Å². The molecule has 14 heavy (non-hydrogen) atoms. The van der Waals surface area contributed by atoms with E-state index >= 15 is 0 Å². The van der Waals surface area contributed by atoms with Crippen molar-refractivity contribution in [3.05, 3.63) is 35.9 Å². The Bertz CT molecular complexity index is 283. The summed E-state index contributed by atoms with van der Waals surface area (Å²) in [5.41, 5.74) is 1.17. The second-order valence-corrected chi connectivity index (χ2v) is 2.25. The SMILES string of the molecule is C1=Cc2ccccc2OC1.N.[Fe].[Mo].[Ni]. The van der Waals surface area contributed by atoms with Gasteiger partial charge in [-0.1, -0.05) is 24.3 Å². The van der Waals surface area contributed by atoms with E-state index in [-0.39, 0.29) is 60.8 Å². The molecule has 3 N–H and O–H groups in total. The van der Waals surface area contributed by atoms with Crippen LogP contribution in [0.25, 0.3) is 6.08 Å². The van der Waals surface area contributed by atoms with Gasteiger partial charge in [-0.05, 0) is 12.1 Å². The maximum atomic E-state index is 5.34. The summed E-state index contributed by atoms with van der Waals surface area (Å²) in [4.78, 5) is 0. The minimum atomic E-state index is 0. The van der Waals surface area contributed by atoms with Crippen LogP contribution in [0.15, 0.2) is 30.3 Å². The zero-order chi connectivity index (χ0) is 6.81. The number of para-hydroxylation sites is 1. The molecule has 0 saturated carbocycles. The van der Waals surface area contributed by atoms with Crippen molar-refractivity contribution in [2.24, 2.45) is 0 Å². The van der Waals surface area contributed by atoms with E-state index in [1.807, 2.05) is 30.3 Å². The van der Waals surface area contributed by atoms with Gasteiger partial charge in [-0.2, -0.15) is 0 Å². The van der Waals surface area contributed by atoms with Crippen molar-refractivity contribution in [3.63, 3.8) is 0 Å². The Hall–Kier alpha value is 0.421. The Morgan fingerprint density at radius 2 is 1.79 bits per heavy atom. The van der Waals surface area contributed by atoms with Gasteiger partial charge in [0.15, 0.2) is 0 Å². The monoisotopic (exact) mass is 361 g/mol. The first kappa shape index (κ1) is 19.9. The number of fused-ring (bicyclic) bond motifs is 1. The predicted octanol–water partition coefficient (Wildman–Crippen LogP) is 2.25. The smallest absolute Gasteiger partial charge is 0.126 e. The molecule has 82 valence electrons. The fourth-order valence-corrected chi connectivity index (χ4v) is 1.06. The minimum absolute atomic E-state index is 0. The molecule has 1 aliphatic rings. The third-order valence-corrected chi connectivity index (χ3v) is 1.55. The standard InChI is InChI=1S/C9H8O.Fe.Mo.H3N.Ni/c1-2-6-9-8(4-1)5-3-7-10-9;;;;/h1-6H,7H2;;;1H3;. The Balaban J connectivity index is -0.000000302. The van der Waals surface area contributed by atoms with E-state index in [2.05, 4.69) is 6.08 Å². The van der Waals surface area contributed by atoms with Gasteiger partial charge in [0.25, 0.3) is 0 Å². The first-order chi connectivity index (χ1) is 4.97. The summed E-state index contributed by atoms with van der Waals surface area (Å²) in [5, 5.41) is 0. The summed E-state index contributed by atoms with van der Waals surface area (Å²) in [6.07, 6.45) is 4.10. The summed E-state index contributed by atoms with van der Waals surface area (Å²) < 4.78 is 5.34. The molecular formula is C9H11FeMoNNiO. The molecule has 1 aliphatic heterocycles. The summed E-state index contributed by atoms with van der Waals surface area (Å²) in [5.74, 6) is 0.991. The molecule has 2 rings (SSSR count). The van der Waals surface area contributed by atoms with Crippen LogP contribution in [0.4, 0.5) is 0 Å². The van der Waals surface area contributed by atoms with Crippen molar-refractivity contribution in [1.29, 1.82) is 0 Å². The average molecular weight is 360 g/mol. The van der Waals surface area contributed by atoms with E-state index in [9.17, 15) is 0 Å². The van der Waals surface area contributed by atoms with E-state index in [0.717, 1.165) is 5.75 Å². The van der Waals surface area contributed by atoms with Gasteiger partial charge in [0.05, 0.1) is 0 Å². The zero-order valence-corrected chi connectivity index (χ0v) is 11.5. The quantitative estimate of drug-likeness (QED) is 0.722. The van der Waals surface area contributed by atoms with Crippen molar-refractivity contribution in [1.82, 2.24) is 6.15 Å². The van der Waals surface area contributed by atoms with Crippen LogP contribution in [-0.4, -0.2) is 6.61 Å². The molecular weight excluding hydrogens is 349 g/mol. The first-order valence-corrected chi connectivity index (χ1v) is 3.35. The van der Waals surface area contributed by atoms with Crippen LogP contribution in [0.2, 0.25) is 0 Å². The summed E-state index contributed by atoms with van der Waals surface area (Å²) in [7, 11) is 0. The molecule has 0 radical (unpaired) electrons. The van der Waals surface area contributed by atoms with Gasteiger partial charge in [0.1, 0.15) is 12.4 Å².